The molecule has 0 saturated heterocycles. The highest BCUT2D eigenvalue weighted by atomic mass is 14.7. The van der Waals surface area contributed by atoms with Crippen molar-refractivity contribution in [1.29, 1.82) is 0 Å². The Kier molecular flexibility index (Phi) is 6.65. The summed E-state index contributed by atoms with van der Waals surface area (Å²) in [5.74, 6) is 0.790. The SMILES string of the molecule is CCCCC(CC)Cc1cc(C(C)(C)C)cnc1C(C)(C)C. The third-order valence-electron chi connectivity index (χ3n) is 4.59. The lowest BCUT2D eigenvalue weighted by molar-refractivity contribution is 0.440. The van der Waals surface area contributed by atoms with Crippen molar-refractivity contribution in [3.63, 3.8) is 0 Å². The van der Waals surface area contributed by atoms with E-state index in [1.54, 1.807) is 0 Å². The van der Waals surface area contributed by atoms with Crippen LogP contribution >= 0.6 is 0 Å². The fourth-order valence-corrected chi connectivity index (χ4v) is 3.01. The average Bonchev–Trinajstić information content (AvgIpc) is 2.41. The molecule has 0 spiro atoms. The molecule has 1 heterocycles. The predicted molar refractivity (Wildman–Crippen MR) is 98.6 cm³/mol. The lowest BCUT2D eigenvalue weighted by Gasteiger charge is -2.27. The van der Waals surface area contributed by atoms with Gasteiger partial charge in [-0.15, -0.1) is 0 Å². The minimum absolute atomic E-state index is 0.120. The van der Waals surface area contributed by atoms with E-state index in [4.69, 9.17) is 4.98 Å². The average molecular weight is 304 g/mol. The highest BCUT2D eigenvalue weighted by Crippen LogP contribution is 2.31. The summed E-state index contributed by atoms with van der Waals surface area (Å²) in [5.41, 5.74) is 4.41. The molecule has 1 nitrogen and oxygen atoms in total. The van der Waals surface area contributed by atoms with E-state index in [0.29, 0.717) is 0 Å². The van der Waals surface area contributed by atoms with Crippen molar-refractivity contribution in [2.45, 2.75) is 98.3 Å². The first-order valence-electron chi connectivity index (χ1n) is 9.09. The van der Waals surface area contributed by atoms with Crippen LogP contribution in [0.5, 0.6) is 0 Å². The minimum Gasteiger partial charge on any atom is -0.260 e. The lowest BCUT2D eigenvalue weighted by Crippen LogP contribution is -2.21. The number of nitrogens with zero attached hydrogens (tertiary/aromatic N) is 1. The number of pyridine rings is 1. The topological polar surface area (TPSA) is 12.9 Å². The van der Waals surface area contributed by atoms with Gasteiger partial charge in [-0.2, -0.15) is 0 Å². The Morgan fingerprint density at radius 1 is 1.00 bits per heavy atom. The Balaban J connectivity index is 3.16. The molecule has 1 aromatic rings. The van der Waals surface area contributed by atoms with Gasteiger partial charge in [0.1, 0.15) is 0 Å². The van der Waals surface area contributed by atoms with Crippen LogP contribution in [0.25, 0.3) is 0 Å². The van der Waals surface area contributed by atoms with E-state index < -0.39 is 0 Å². The van der Waals surface area contributed by atoms with Gasteiger partial charge in [0.05, 0.1) is 0 Å². The van der Waals surface area contributed by atoms with E-state index in [2.05, 4.69) is 67.7 Å². The van der Waals surface area contributed by atoms with Crippen molar-refractivity contribution < 1.29 is 0 Å². The maximum absolute atomic E-state index is 4.88. The van der Waals surface area contributed by atoms with Crippen molar-refractivity contribution in [3.05, 3.63) is 29.1 Å². The van der Waals surface area contributed by atoms with Crippen LogP contribution in [-0.4, -0.2) is 4.98 Å². The molecule has 0 aliphatic rings. The minimum atomic E-state index is 0.120. The van der Waals surface area contributed by atoms with Gasteiger partial charge in [0.2, 0.25) is 0 Å². The van der Waals surface area contributed by atoms with E-state index in [9.17, 15) is 0 Å². The molecule has 1 unspecified atom stereocenters. The molecule has 0 amide bonds. The summed E-state index contributed by atoms with van der Waals surface area (Å²) in [6.07, 6.45) is 8.52. The highest BCUT2D eigenvalue weighted by Gasteiger charge is 2.24. The second kappa shape index (κ2) is 7.62. The zero-order valence-corrected chi connectivity index (χ0v) is 16.2. The summed E-state index contributed by atoms with van der Waals surface area (Å²) in [6.45, 7) is 18.3. The highest BCUT2D eigenvalue weighted by molar-refractivity contribution is 5.33. The van der Waals surface area contributed by atoms with Crippen molar-refractivity contribution in [3.8, 4) is 0 Å². The number of unbranched alkanes of at least 4 members (excludes halogenated alkanes) is 1. The van der Waals surface area contributed by atoms with Gasteiger partial charge in [-0.25, -0.2) is 0 Å². The molecule has 126 valence electrons. The molecule has 22 heavy (non-hydrogen) atoms. The Bertz CT molecular complexity index is 460. The molecule has 0 N–H and O–H groups in total. The molecule has 0 fully saturated rings. The van der Waals surface area contributed by atoms with Crippen molar-refractivity contribution in [1.82, 2.24) is 4.98 Å². The summed E-state index contributed by atoms with van der Waals surface area (Å²) in [4.78, 5) is 4.88. The van der Waals surface area contributed by atoms with Crippen LogP contribution in [0.15, 0.2) is 12.3 Å². The molecule has 0 aliphatic heterocycles. The van der Waals surface area contributed by atoms with Crippen molar-refractivity contribution in [2.24, 2.45) is 5.92 Å². The Morgan fingerprint density at radius 3 is 2.09 bits per heavy atom. The Labute approximate surface area is 138 Å². The molecule has 0 radical (unpaired) electrons. The van der Waals surface area contributed by atoms with Crippen LogP contribution in [0.1, 0.15) is 97.9 Å². The van der Waals surface area contributed by atoms with Gasteiger partial charge in [0.15, 0.2) is 0 Å². The van der Waals surface area contributed by atoms with Gasteiger partial charge in [0.25, 0.3) is 0 Å². The first kappa shape index (κ1) is 19.2. The zero-order chi connectivity index (χ0) is 17.0. The van der Waals surface area contributed by atoms with Gasteiger partial charge in [0, 0.05) is 17.3 Å². The van der Waals surface area contributed by atoms with E-state index in [1.807, 2.05) is 0 Å². The molecule has 0 aliphatic carbocycles. The first-order chi connectivity index (χ1) is 10.1. The van der Waals surface area contributed by atoms with E-state index in [-0.39, 0.29) is 10.8 Å². The quantitative estimate of drug-likeness (QED) is 0.589. The van der Waals surface area contributed by atoms with Crippen LogP contribution in [-0.2, 0) is 17.3 Å². The lowest BCUT2D eigenvalue weighted by atomic mass is 9.80. The van der Waals surface area contributed by atoms with Gasteiger partial charge in [-0.3, -0.25) is 4.98 Å². The molecule has 1 rings (SSSR count). The van der Waals surface area contributed by atoms with Gasteiger partial charge in [-0.05, 0) is 28.9 Å². The van der Waals surface area contributed by atoms with E-state index in [1.165, 1.54) is 48.9 Å². The second-order valence-corrected chi connectivity index (χ2v) is 8.85. The molecular weight excluding hydrogens is 266 g/mol. The normalized spacial score (nSPS) is 14.2. The Morgan fingerprint density at radius 2 is 1.64 bits per heavy atom. The third-order valence-corrected chi connectivity index (χ3v) is 4.59. The second-order valence-electron chi connectivity index (χ2n) is 8.85. The summed E-state index contributed by atoms with van der Waals surface area (Å²) in [6, 6.07) is 2.43. The van der Waals surface area contributed by atoms with Crippen molar-refractivity contribution >= 4 is 0 Å². The first-order valence-corrected chi connectivity index (χ1v) is 9.09. The molecule has 1 heteroatoms. The molecule has 0 saturated carbocycles. The number of rotatable bonds is 6. The van der Waals surface area contributed by atoms with Crippen LogP contribution < -0.4 is 0 Å². The Hall–Kier alpha value is -0.850. The molecule has 0 bridgehead atoms. The monoisotopic (exact) mass is 303 g/mol. The van der Waals surface area contributed by atoms with Gasteiger partial charge < -0.3 is 0 Å². The maximum Gasteiger partial charge on any atom is 0.0489 e. The van der Waals surface area contributed by atoms with Gasteiger partial charge in [-0.1, -0.05) is 87.1 Å². The predicted octanol–water partition coefficient (Wildman–Crippen LogP) is 6.44. The summed E-state index contributed by atoms with van der Waals surface area (Å²) in [5, 5.41) is 0. The largest absolute Gasteiger partial charge is 0.260 e. The number of hydrogen-bond acceptors (Lipinski definition) is 1. The third kappa shape index (κ3) is 5.41. The number of hydrogen-bond donors (Lipinski definition) is 0. The van der Waals surface area contributed by atoms with E-state index in [0.717, 1.165) is 5.92 Å². The van der Waals surface area contributed by atoms with Crippen molar-refractivity contribution in [2.75, 3.05) is 0 Å². The van der Waals surface area contributed by atoms with Crippen LogP contribution in [0.4, 0.5) is 0 Å². The smallest absolute Gasteiger partial charge is 0.0489 e. The summed E-state index contributed by atoms with van der Waals surface area (Å²) >= 11 is 0. The van der Waals surface area contributed by atoms with Crippen LogP contribution in [0, 0.1) is 5.92 Å². The van der Waals surface area contributed by atoms with Crippen LogP contribution in [0.3, 0.4) is 0 Å². The maximum atomic E-state index is 4.88. The fraction of sp³-hybridized carbons (Fsp3) is 0.762. The molecule has 1 aromatic heterocycles. The summed E-state index contributed by atoms with van der Waals surface area (Å²) in [7, 11) is 0. The van der Waals surface area contributed by atoms with Crippen LogP contribution in [0.2, 0.25) is 0 Å². The summed E-state index contributed by atoms with van der Waals surface area (Å²) < 4.78 is 0. The van der Waals surface area contributed by atoms with Gasteiger partial charge >= 0.3 is 0 Å². The molecule has 0 aromatic carbocycles. The van der Waals surface area contributed by atoms with E-state index >= 15 is 0 Å². The molecule has 1 atom stereocenters. The fourth-order valence-electron chi connectivity index (χ4n) is 3.01. The standard InChI is InChI=1S/C21H37N/c1-9-11-12-16(10-2)13-17-14-18(20(3,4)5)15-22-19(17)21(6,7)8/h14-16H,9-13H2,1-8H3. The number of aromatic nitrogens is 1. The molecular formula is C21H37N. The zero-order valence-electron chi connectivity index (χ0n) is 16.2.